The topological polar surface area (TPSA) is 23.9 Å². The van der Waals surface area contributed by atoms with E-state index in [9.17, 15) is 0 Å². The average molecular weight is 219 g/mol. The first-order valence-corrected chi connectivity index (χ1v) is 6.21. The highest BCUT2D eigenvalue weighted by Crippen LogP contribution is 2.16. The van der Waals surface area contributed by atoms with Crippen molar-refractivity contribution in [2.45, 2.75) is 46.5 Å². The van der Waals surface area contributed by atoms with Crippen LogP contribution in [-0.2, 0) is 0 Å². The van der Waals surface area contributed by atoms with Gasteiger partial charge in [0.15, 0.2) is 0 Å². The van der Waals surface area contributed by atoms with E-state index in [-0.39, 0.29) is 0 Å². The van der Waals surface area contributed by atoms with Crippen molar-refractivity contribution in [2.24, 2.45) is 11.8 Å². The third kappa shape index (κ3) is 7.25. The standard InChI is InChI=1S/C15H25N/c1-5-7-8-9-10-15(16)12-11-14(6-2)13(3)4/h7,11-14,16H,1,6,8-10H2,2-4H3/b12-11-,16-15?. The Kier molecular flexibility index (Phi) is 8.56. The van der Waals surface area contributed by atoms with Gasteiger partial charge in [0, 0.05) is 5.71 Å². The van der Waals surface area contributed by atoms with E-state index in [1.165, 1.54) is 0 Å². The van der Waals surface area contributed by atoms with Crippen LogP contribution in [0.1, 0.15) is 46.5 Å². The van der Waals surface area contributed by atoms with Crippen LogP contribution in [0.5, 0.6) is 0 Å². The van der Waals surface area contributed by atoms with Crippen LogP contribution >= 0.6 is 0 Å². The van der Waals surface area contributed by atoms with E-state index < -0.39 is 0 Å². The molecule has 0 spiro atoms. The van der Waals surface area contributed by atoms with Crippen LogP contribution in [0.4, 0.5) is 0 Å². The lowest BCUT2D eigenvalue weighted by Gasteiger charge is -2.13. The molecule has 0 aliphatic rings. The number of nitrogens with one attached hydrogen (secondary N) is 1. The molecule has 0 aliphatic heterocycles. The maximum Gasteiger partial charge on any atom is 0.0310 e. The molecule has 0 bridgehead atoms. The normalized spacial score (nSPS) is 12.8. The largest absolute Gasteiger partial charge is 0.305 e. The Labute approximate surface area is 100 Å². The summed E-state index contributed by atoms with van der Waals surface area (Å²) in [6, 6.07) is 0. The van der Waals surface area contributed by atoms with Gasteiger partial charge in [-0.2, -0.15) is 0 Å². The summed E-state index contributed by atoms with van der Waals surface area (Å²) >= 11 is 0. The van der Waals surface area contributed by atoms with Gasteiger partial charge in [-0.3, -0.25) is 0 Å². The van der Waals surface area contributed by atoms with Gasteiger partial charge in [0.05, 0.1) is 0 Å². The number of rotatable bonds is 8. The minimum Gasteiger partial charge on any atom is -0.305 e. The quantitative estimate of drug-likeness (QED) is 0.346. The molecule has 0 aliphatic carbocycles. The number of allylic oxidation sites excluding steroid dienone is 3. The monoisotopic (exact) mass is 219 g/mol. The van der Waals surface area contributed by atoms with Crippen LogP contribution in [0.3, 0.4) is 0 Å². The van der Waals surface area contributed by atoms with Crippen molar-refractivity contribution in [1.82, 2.24) is 0 Å². The Hall–Kier alpha value is -1.07. The molecule has 0 aromatic heterocycles. The van der Waals surface area contributed by atoms with Gasteiger partial charge in [-0.15, -0.1) is 5.73 Å². The molecule has 0 heterocycles. The second kappa shape index (κ2) is 9.18. The van der Waals surface area contributed by atoms with Gasteiger partial charge in [-0.25, -0.2) is 0 Å². The van der Waals surface area contributed by atoms with Crippen molar-refractivity contribution >= 4 is 5.71 Å². The smallest absolute Gasteiger partial charge is 0.0310 e. The van der Waals surface area contributed by atoms with E-state index in [0.29, 0.717) is 11.8 Å². The molecule has 1 heteroatoms. The summed E-state index contributed by atoms with van der Waals surface area (Å²) in [5.41, 5.74) is 3.49. The van der Waals surface area contributed by atoms with Crippen molar-refractivity contribution in [2.75, 3.05) is 0 Å². The molecule has 1 N–H and O–H groups in total. The molecule has 1 atom stereocenters. The summed E-state index contributed by atoms with van der Waals surface area (Å²) in [5, 5.41) is 7.80. The van der Waals surface area contributed by atoms with E-state index in [1.54, 1.807) is 0 Å². The Bertz CT molecular complexity index is 267. The zero-order valence-electron chi connectivity index (χ0n) is 10.9. The van der Waals surface area contributed by atoms with E-state index in [1.807, 2.05) is 12.2 Å². The van der Waals surface area contributed by atoms with Crippen molar-refractivity contribution in [1.29, 1.82) is 5.41 Å². The molecule has 90 valence electrons. The third-order valence-corrected chi connectivity index (χ3v) is 2.81. The van der Waals surface area contributed by atoms with Gasteiger partial charge in [0.25, 0.3) is 0 Å². The minimum absolute atomic E-state index is 0.605. The molecule has 0 aromatic carbocycles. The maximum absolute atomic E-state index is 7.80. The van der Waals surface area contributed by atoms with Crippen LogP contribution < -0.4 is 0 Å². The summed E-state index contributed by atoms with van der Waals surface area (Å²) in [6.07, 6.45) is 10.1. The minimum atomic E-state index is 0.605. The summed E-state index contributed by atoms with van der Waals surface area (Å²) in [7, 11) is 0. The molecule has 16 heavy (non-hydrogen) atoms. The lowest BCUT2D eigenvalue weighted by molar-refractivity contribution is 0.453. The first-order chi connectivity index (χ1) is 7.61. The van der Waals surface area contributed by atoms with Crippen LogP contribution in [0.25, 0.3) is 0 Å². The Morgan fingerprint density at radius 1 is 1.44 bits per heavy atom. The van der Waals surface area contributed by atoms with Gasteiger partial charge in [-0.05, 0) is 49.7 Å². The van der Waals surface area contributed by atoms with Gasteiger partial charge in [0.2, 0.25) is 0 Å². The number of unbranched alkanes of at least 4 members (excludes halogenated alkanes) is 1. The zero-order valence-corrected chi connectivity index (χ0v) is 10.9. The van der Waals surface area contributed by atoms with E-state index >= 15 is 0 Å². The second-order valence-corrected chi connectivity index (χ2v) is 4.50. The summed E-state index contributed by atoms with van der Waals surface area (Å²) in [5.74, 6) is 1.27. The number of hydrogen-bond donors (Lipinski definition) is 1. The highest BCUT2D eigenvalue weighted by atomic mass is 14.4. The van der Waals surface area contributed by atoms with E-state index in [2.05, 4.69) is 39.2 Å². The zero-order chi connectivity index (χ0) is 12.4. The number of hydrogen-bond acceptors (Lipinski definition) is 1. The molecular formula is C15H25N. The molecule has 1 nitrogen and oxygen atoms in total. The molecular weight excluding hydrogens is 194 g/mol. The summed E-state index contributed by atoms with van der Waals surface area (Å²) in [4.78, 5) is 0. The molecule has 0 fully saturated rings. The Morgan fingerprint density at radius 3 is 2.62 bits per heavy atom. The van der Waals surface area contributed by atoms with Crippen molar-refractivity contribution < 1.29 is 0 Å². The van der Waals surface area contributed by atoms with E-state index in [0.717, 1.165) is 31.4 Å². The Balaban J connectivity index is 3.93. The van der Waals surface area contributed by atoms with Crippen LogP contribution in [0.2, 0.25) is 0 Å². The highest BCUT2D eigenvalue weighted by Gasteiger charge is 2.06. The lowest BCUT2D eigenvalue weighted by atomic mass is 9.92. The molecule has 0 saturated carbocycles. The van der Waals surface area contributed by atoms with Crippen molar-refractivity contribution in [3.8, 4) is 0 Å². The van der Waals surface area contributed by atoms with Crippen LogP contribution in [-0.4, -0.2) is 5.71 Å². The van der Waals surface area contributed by atoms with Gasteiger partial charge >= 0.3 is 0 Å². The fourth-order valence-corrected chi connectivity index (χ4v) is 1.65. The predicted octanol–water partition coefficient (Wildman–Crippen LogP) is 4.76. The Morgan fingerprint density at radius 2 is 2.12 bits per heavy atom. The van der Waals surface area contributed by atoms with Crippen LogP contribution in [0.15, 0.2) is 30.5 Å². The molecule has 0 amide bonds. The first-order valence-electron chi connectivity index (χ1n) is 6.21. The van der Waals surface area contributed by atoms with Gasteiger partial charge < -0.3 is 5.41 Å². The van der Waals surface area contributed by atoms with Crippen LogP contribution in [0, 0.1) is 17.2 Å². The average Bonchev–Trinajstić information content (AvgIpc) is 2.25. The second-order valence-electron chi connectivity index (χ2n) is 4.50. The fraction of sp³-hybridized carbons (Fsp3) is 0.600. The van der Waals surface area contributed by atoms with Gasteiger partial charge in [-0.1, -0.05) is 33.4 Å². The predicted molar refractivity (Wildman–Crippen MR) is 73.0 cm³/mol. The van der Waals surface area contributed by atoms with Crippen molar-refractivity contribution in [3.63, 3.8) is 0 Å². The summed E-state index contributed by atoms with van der Waals surface area (Å²) < 4.78 is 0. The highest BCUT2D eigenvalue weighted by molar-refractivity contribution is 5.92. The molecule has 0 aromatic rings. The summed E-state index contributed by atoms with van der Waals surface area (Å²) in [6.45, 7) is 10.2. The third-order valence-electron chi connectivity index (χ3n) is 2.81. The van der Waals surface area contributed by atoms with Gasteiger partial charge in [0.1, 0.15) is 0 Å². The molecule has 1 unspecified atom stereocenters. The van der Waals surface area contributed by atoms with Crippen molar-refractivity contribution in [3.05, 3.63) is 30.5 Å². The molecule has 0 saturated heterocycles. The molecule has 0 radical (unpaired) electrons. The molecule has 0 rings (SSSR count). The SMILES string of the molecule is C=C=CCCCC(=N)/C=C\C(CC)C(C)C. The first kappa shape index (κ1) is 14.9. The lowest BCUT2D eigenvalue weighted by Crippen LogP contribution is -2.04. The van der Waals surface area contributed by atoms with E-state index in [4.69, 9.17) is 5.41 Å². The fourth-order valence-electron chi connectivity index (χ4n) is 1.65. The maximum atomic E-state index is 7.80.